The van der Waals surface area contributed by atoms with E-state index in [-0.39, 0.29) is 12.5 Å². The molecule has 4 nitrogen and oxygen atoms in total. The molecule has 4 heteroatoms. The molecule has 3 aromatic rings. The van der Waals surface area contributed by atoms with Gasteiger partial charge in [0.05, 0.1) is 13.2 Å². The van der Waals surface area contributed by atoms with Crippen molar-refractivity contribution in [1.82, 2.24) is 0 Å². The molecule has 0 bridgehead atoms. The predicted octanol–water partition coefficient (Wildman–Crippen LogP) is 4.91. The summed E-state index contributed by atoms with van der Waals surface area (Å²) in [6, 6.07) is 24.8. The molecule has 138 valence electrons. The molecule has 0 aliphatic carbocycles. The zero-order valence-electron chi connectivity index (χ0n) is 15.3. The zero-order chi connectivity index (χ0) is 19.1. The maximum atomic E-state index is 12.4. The van der Waals surface area contributed by atoms with E-state index in [1.54, 1.807) is 4.90 Å². The second kappa shape index (κ2) is 9.01. The van der Waals surface area contributed by atoms with Crippen molar-refractivity contribution in [2.75, 3.05) is 4.90 Å². The number of nitrogens with zero attached hydrogens (tertiary/aromatic N) is 1. The van der Waals surface area contributed by atoms with Gasteiger partial charge in [-0.25, -0.2) is 0 Å². The minimum absolute atomic E-state index is 0.0116. The molecule has 3 aromatic carbocycles. The number of aliphatic hydroxyl groups is 1. The molecular weight excluding hydrogens is 338 g/mol. The van der Waals surface area contributed by atoms with Gasteiger partial charge in [0.15, 0.2) is 0 Å². The van der Waals surface area contributed by atoms with Crippen LogP contribution in [0.4, 0.5) is 5.69 Å². The lowest BCUT2D eigenvalue weighted by atomic mass is 10.2. The van der Waals surface area contributed by atoms with E-state index in [1.807, 2.05) is 85.8 Å². The summed E-state index contributed by atoms with van der Waals surface area (Å²) in [5.41, 5.74) is 2.77. The summed E-state index contributed by atoms with van der Waals surface area (Å²) in [5, 5.41) is 9.10. The van der Waals surface area contributed by atoms with Crippen LogP contribution in [0.1, 0.15) is 24.5 Å². The van der Waals surface area contributed by atoms with Crippen LogP contribution >= 0.6 is 0 Å². The van der Waals surface area contributed by atoms with Crippen molar-refractivity contribution in [3.63, 3.8) is 0 Å². The zero-order valence-corrected chi connectivity index (χ0v) is 15.3. The molecule has 1 amide bonds. The molecule has 0 saturated heterocycles. The Balaban J connectivity index is 1.75. The highest BCUT2D eigenvalue weighted by Gasteiger charge is 2.14. The van der Waals surface area contributed by atoms with Gasteiger partial charge in [-0.15, -0.1) is 0 Å². The first-order valence-electron chi connectivity index (χ1n) is 9.01. The van der Waals surface area contributed by atoms with Gasteiger partial charge >= 0.3 is 0 Å². The normalized spacial score (nSPS) is 10.4. The first-order valence-corrected chi connectivity index (χ1v) is 9.01. The van der Waals surface area contributed by atoms with E-state index in [0.29, 0.717) is 24.5 Å². The molecule has 27 heavy (non-hydrogen) atoms. The number of carbonyl (C=O) groups excluding carboxylic acids is 1. The lowest BCUT2D eigenvalue weighted by molar-refractivity contribution is -0.118. The van der Waals surface area contributed by atoms with Crippen molar-refractivity contribution in [2.45, 2.75) is 26.5 Å². The molecule has 0 heterocycles. The SMILES string of the molecule is CCC(=O)N(Cc1ccccc1)c1ccc(Oc2ccc(CO)cc2)cc1. The van der Waals surface area contributed by atoms with Gasteiger partial charge in [0, 0.05) is 12.1 Å². The molecule has 0 aliphatic rings. The van der Waals surface area contributed by atoms with Crippen LogP contribution in [0.15, 0.2) is 78.9 Å². The number of benzene rings is 3. The quantitative estimate of drug-likeness (QED) is 0.650. The summed E-state index contributed by atoms with van der Waals surface area (Å²) in [5.74, 6) is 1.47. The van der Waals surface area contributed by atoms with E-state index >= 15 is 0 Å². The highest BCUT2D eigenvalue weighted by molar-refractivity contribution is 5.93. The van der Waals surface area contributed by atoms with E-state index in [4.69, 9.17) is 9.84 Å². The topological polar surface area (TPSA) is 49.8 Å². The molecule has 0 unspecified atom stereocenters. The number of hydrogen-bond acceptors (Lipinski definition) is 3. The van der Waals surface area contributed by atoms with Crippen molar-refractivity contribution in [3.8, 4) is 11.5 Å². The third-order valence-corrected chi connectivity index (χ3v) is 4.28. The number of ether oxygens (including phenoxy) is 1. The van der Waals surface area contributed by atoms with Crippen LogP contribution in [0, 0.1) is 0 Å². The fraction of sp³-hybridized carbons (Fsp3) is 0.174. The minimum atomic E-state index is 0.0116. The Labute approximate surface area is 159 Å². The lowest BCUT2D eigenvalue weighted by Crippen LogP contribution is -2.29. The summed E-state index contributed by atoms with van der Waals surface area (Å²) in [4.78, 5) is 14.2. The number of anilines is 1. The largest absolute Gasteiger partial charge is 0.457 e. The number of aliphatic hydroxyl groups excluding tert-OH is 1. The summed E-state index contributed by atoms with van der Waals surface area (Å²) in [6.45, 7) is 2.42. The highest BCUT2D eigenvalue weighted by atomic mass is 16.5. The Bertz CT molecular complexity index is 858. The molecular formula is C23H23NO3. The van der Waals surface area contributed by atoms with Crippen molar-refractivity contribution in [2.24, 2.45) is 0 Å². The van der Waals surface area contributed by atoms with Crippen LogP contribution < -0.4 is 9.64 Å². The molecule has 1 N–H and O–H groups in total. The summed E-state index contributed by atoms with van der Waals surface area (Å²) < 4.78 is 5.83. The van der Waals surface area contributed by atoms with E-state index in [9.17, 15) is 4.79 Å². The third-order valence-electron chi connectivity index (χ3n) is 4.28. The van der Waals surface area contributed by atoms with Crippen molar-refractivity contribution in [3.05, 3.63) is 90.0 Å². The molecule has 0 aliphatic heterocycles. The molecule has 0 fully saturated rings. The van der Waals surface area contributed by atoms with Gasteiger partial charge in [0.1, 0.15) is 11.5 Å². The Morgan fingerprint density at radius 3 is 2.00 bits per heavy atom. The first kappa shape index (κ1) is 18.7. The predicted molar refractivity (Wildman–Crippen MR) is 107 cm³/mol. The van der Waals surface area contributed by atoms with Gasteiger partial charge < -0.3 is 14.7 Å². The molecule has 0 radical (unpaired) electrons. The summed E-state index contributed by atoms with van der Waals surface area (Å²) in [6.07, 6.45) is 0.447. The van der Waals surface area contributed by atoms with Gasteiger partial charge in [-0.3, -0.25) is 4.79 Å². The van der Waals surface area contributed by atoms with Gasteiger partial charge in [0.25, 0.3) is 0 Å². The number of hydrogen-bond donors (Lipinski definition) is 1. The van der Waals surface area contributed by atoms with E-state index in [2.05, 4.69) is 0 Å². The first-order chi connectivity index (χ1) is 13.2. The minimum Gasteiger partial charge on any atom is -0.457 e. The lowest BCUT2D eigenvalue weighted by Gasteiger charge is -2.23. The van der Waals surface area contributed by atoms with Crippen molar-refractivity contribution < 1.29 is 14.6 Å². The average Bonchev–Trinajstić information content (AvgIpc) is 2.73. The molecule has 0 spiro atoms. The maximum Gasteiger partial charge on any atom is 0.227 e. The van der Waals surface area contributed by atoms with E-state index in [1.165, 1.54) is 0 Å². The van der Waals surface area contributed by atoms with Crippen LogP contribution in [0.5, 0.6) is 11.5 Å². The maximum absolute atomic E-state index is 12.4. The van der Waals surface area contributed by atoms with Crippen LogP contribution in [0.25, 0.3) is 0 Å². The van der Waals surface area contributed by atoms with Crippen LogP contribution in [-0.2, 0) is 17.9 Å². The number of rotatable bonds is 7. The smallest absolute Gasteiger partial charge is 0.227 e. The Morgan fingerprint density at radius 2 is 1.44 bits per heavy atom. The van der Waals surface area contributed by atoms with E-state index < -0.39 is 0 Å². The third kappa shape index (κ3) is 4.96. The van der Waals surface area contributed by atoms with Crippen molar-refractivity contribution >= 4 is 11.6 Å². The van der Waals surface area contributed by atoms with Gasteiger partial charge in [-0.05, 0) is 47.5 Å². The Kier molecular flexibility index (Phi) is 6.23. The fourth-order valence-corrected chi connectivity index (χ4v) is 2.77. The van der Waals surface area contributed by atoms with Crippen molar-refractivity contribution in [1.29, 1.82) is 0 Å². The molecule has 3 rings (SSSR count). The fourth-order valence-electron chi connectivity index (χ4n) is 2.77. The van der Waals surface area contributed by atoms with Gasteiger partial charge in [-0.2, -0.15) is 0 Å². The summed E-state index contributed by atoms with van der Waals surface area (Å²) >= 11 is 0. The standard InChI is InChI=1S/C23H23NO3/c1-2-23(26)24(16-18-6-4-3-5-7-18)20-10-14-22(15-11-20)27-21-12-8-19(17-25)9-13-21/h3-15,25H,2,16-17H2,1H3. The van der Waals surface area contributed by atoms with Crippen LogP contribution in [0.2, 0.25) is 0 Å². The van der Waals surface area contributed by atoms with Gasteiger partial charge in [0.2, 0.25) is 5.91 Å². The second-order valence-corrected chi connectivity index (χ2v) is 6.22. The molecule has 0 aromatic heterocycles. The highest BCUT2D eigenvalue weighted by Crippen LogP contribution is 2.26. The van der Waals surface area contributed by atoms with Crippen LogP contribution in [0.3, 0.4) is 0 Å². The van der Waals surface area contributed by atoms with E-state index in [0.717, 1.165) is 16.8 Å². The second-order valence-electron chi connectivity index (χ2n) is 6.22. The molecule has 0 saturated carbocycles. The summed E-state index contributed by atoms with van der Waals surface area (Å²) in [7, 11) is 0. The average molecular weight is 361 g/mol. The van der Waals surface area contributed by atoms with Crippen LogP contribution in [-0.4, -0.2) is 11.0 Å². The molecule has 0 atom stereocenters. The number of carbonyl (C=O) groups is 1. The Hall–Kier alpha value is -3.11. The Morgan fingerprint density at radius 1 is 0.852 bits per heavy atom. The monoisotopic (exact) mass is 361 g/mol. The number of amides is 1. The van der Waals surface area contributed by atoms with Gasteiger partial charge in [-0.1, -0.05) is 49.4 Å².